The molecule has 84 valence electrons. The second-order valence-corrected chi connectivity index (χ2v) is 2.69. The highest BCUT2D eigenvalue weighted by Gasteiger charge is 2.05. The van der Waals surface area contributed by atoms with Gasteiger partial charge in [-0.2, -0.15) is 0 Å². The molecule has 1 unspecified atom stereocenters. The van der Waals surface area contributed by atoms with Gasteiger partial charge in [0.1, 0.15) is 6.61 Å². The molecule has 6 heteroatoms. The number of methoxy groups -OCH3 is 1. The fraction of sp³-hybridized carbons (Fsp3) is 0.875. The number of aliphatic hydroxyl groups is 2. The monoisotopic (exact) mass is 207 g/mol. The Morgan fingerprint density at radius 1 is 1.50 bits per heavy atom. The Bertz CT molecular complexity index is 153. The second-order valence-electron chi connectivity index (χ2n) is 2.69. The highest BCUT2D eigenvalue weighted by atomic mass is 16.5. The quantitative estimate of drug-likeness (QED) is 0.405. The summed E-state index contributed by atoms with van der Waals surface area (Å²) in [6, 6.07) is 0. The van der Waals surface area contributed by atoms with Gasteiger partial charge in [0.2, 0.25) is 5.91 Å². The average Bonchev–Trinajstić information content (AvgIpc) is 2.21. The molecule has 0 aliphatic heterocycles. The lowest BCUT2D eigenvalue weighted by atomic mass is 10.4. The van der Waals surface area contributed by atoms with Gasteiger partial charge in [-0.3, -0.25) is 4.79 Å². The molecule has 0 aromatic heterocycles. The van der Waals surface area contributed by atoms with E-state index in [1.54, 1.807) is 7.11 Å². The molecule has 14 heavy (non-hydrogen) atoms. The van der Waals surface area contributed by atoms with Crippen molar-refractivity contribution in [3.05, 3.63) is 0 Å². The Morgan fingerprint density at radius 3 is 2.79 bits per heavy atom. The molecule has 0 saturated heterocycles. The number of hydrogen-bond donors (Lipinski definition) is 3. The number of aliphatic hydroxyl groups excluding tert-OH is 2. The topological polar surface area (TPSA) is 88.0 Å². The minimum Gasteiger partial charge on any atom is -0.394 e. The van der Waals surface area contributed by atoms with Gasteiger partial charge in [-0.15, -0.1) is 0 Å². The molecule has 0 rings (SSSR count). The van der Waals surface area contributed by atoms with Crippen molar-refractivity contribution in [2.75, 3.05) is 40.1 Å². The molecule has 0 aromatic rings. The summed E-state index contributed by atoms with van der Waals surface area (Å²) in [4.78, 5) is 11.0. The number of hydrogen-bond acceptors (Lipinski definition) is 5. The van der Waals surface area contributed by atoms with Gasteiger partial charge in [0.15, 0.2) is 0 Å². The third-order valence-electron chi connectivity index (χ3n) is 1.41. The summed E-state index contributed by atoms with van der Waals surface area (Å²) in [5.74, 6) is -0.325. The first-order valence-corrected chi connectivity index (χ1v) is 4.33. The minimum atomic E-state index is -0.919. The van der Waals surface area contributed by atoms with Crippen molar-refractivity contribution in [3.63, 3.8) is 0 Å². The largest absolute Gasteiger partial charge is 0.394 e. The van der Waals surface area contributed by atoms with E-state index in [-0.39, 0.29) is 25.7 Å². The van der Waals surface area contributed by atoms with Crippen LogP contribution >= 0.6 is 0 Å². The van der Waals surface area contributed by atoms with Crippen LogP contribution in [0.3, 0.4) is 0 Å². The molecule has 0 heterocycles. The van der Waals surface area contributed by atoms with E-state index >= 15 is 0 Å². The van der Waals surface area contributed by atoms with Crippen LogP contribution in [0, 0.1) is 0 Å². The van der Waals surface area contributed by atoms with Crippen molar-refractivity contribution in [1.82, 2.24) is 5.32 Å². The predicted octanol–water partition coefficient (Wildman–Crippen LogP) is -1.88. The zero-order chi connectivity index (χ0) is 10.8. The van der Waals surface area contributed by atoms with E-state index in [0.29, 0.717) is 13.2 Å². The van der Waals surface area contributed by atoms with E-state index in [2.05, 4.69) is 5.32 Å². The number of rotatable bonds is 8. The van der Waals surface area contributed by atoms with Crippen LogP contribution in [0.1, 0.15) is 0 Å². The number of nitrogens with one attached hydrogen (secondary N) is 1. The molecule has 1 amide bonds. The highest BCUT2D eigenvalue weighted by molar-refractivity contribution is 5.77. The van der Waals surface area contributed by atoms with E-state index < -0.39 is 6.10 Å². The maximum atomic E-state index is 11.0. The predicted molar refractivity (Wildman–Crippen MR) is 48.8 cm³/mol. The maximum Gasteiger partial charge on any atom is 0.246 e. The molecule has 0 radical (unpaired) electrons. The Labute approximate surface area is 82.8 Å². The molecule has 0 aromatic carbocycles. The number of amides is 1. The van der Waals surface area contributed by atoms with Gasteiger partial charge < -0.3 is 25.0 Å². The summed E-state index contributed by atoms with van der Waals surface area (Å²) < 4.78 is 9.63. The maximum absolute atomic E-state index is 11.0. The van der Waals surface area contributed by atoms with Crippen LogP contribution in [0.5, 0.6) is 0 Å². The second kappa shape index (κ2) is 8.89. The standard InChI is InChI=1S/C8H17NO5/c1-13-2-3-14-6-8(12)9-4-7(11)5-10/h7,10-11H,2-6H2,1H3,(H,9,12). The molecule has 0 spiro atoms. The van der Waals surface area contributed by atoms with E-state index in [1.165, 1.54) is 0 Å². The molecule has 0 fully saturated rings. The van der Waals surface area contributed by atoms with Crippen molar-refractivity contribution >= 4 is 5.91 Å². The SMILES string of the molecule is COCCOCC(=O)NCC(O)CO. The van der Waals surface area contributed by atoms with E-state index in [4.69, 9.17) is 19.7 Å². The Morgan fingerprint density at radius 2 is 2.21 bits per heavy atom. The Balaban J connectivity index is 3.28. The minimum absolute atomic E-state index is 0.0307. The van der Waals surface area contributed by atoms with Crippen LogP contribution in [0.2, 0.25) is 0 Å². The molecule has 0 aliphatic carbocycles. The molecular weight excluding hydrogens is 190 g/mol. The first-order valence-electron chi connectivity index (χ1n) is 4.33. The van der Waals surface area contributed by atoms with Gasteiger partial charge in [-0.05, 0) is 0 Å². The van der Waals surface area contributed by atoms with E-state index in [9.17, 15) is 4.79 Å². The van der Waals surface area contributed by atoms with Gasteiger partial charge >= 0.3 is 0 Å². The van der Waals surface area contributed by atoms with Gasteiger partial charge in [0.25, 0.3) is 0 Å². The normalized spacial score (nSPS) is 12.5. The van der Waals surface area contributed by atoms with Crippen LogP contribution in [-0.4, -0.2) is 62.3 Å². The Hall–Kier alpha value is -0.690. The van der Waals surface area contributed by atoms with Crippen molar-refractivity contribution in [2.24, 2.45) is 0 Å². The van der Waals surface area contributed by atoms with Crippen molar-refractivity contribution < 1.29 is 24.5 Å². The summed E-state index contributed by atoms with van der Waals surface area (Å²) in [6.45, 7) is 0.383. The summed E-state index contributed by atoms with van der Waals surface area (Å²) in [5, 5.41) is 19.7. The lowest BCUT2D eigenvalue weighted by molar-refractivity contribution is -0.126. The van der Waals surface area contributed by atoms with Crippen LogP contribution in [0.15, 0.2) is 0 Å². The van der Waals surface area contributed by atoms with Crippen LogP contribution in [0.25, 0.3) is 0 Å². The fourth-order valence-electron chi connectivity index (χ4n) is 0.654. The van der Waals surface area contributed by atoms with Crippen LogP contribution in [0.4, 0.5) is 0 Å². The number of ether oxygens (including phenoxy) is 2. The first-order chi connectivity index (χ1) is 6.70. The van der Waals surface area contributed by atoms with E-state index in [0.717, 1.165) is 0 Å². The van der Waals surface area contributed by atoms with Gasteiger partial charge in [-0.1, -0.05) is 0 Å². The lowest BCUT2D eigenvalue weighted by Crippen LogP contribution is -2.36. The van der Waals surface area contributed by atoms with E-state index in [1.807, 2.05) is 0 Å². The van der Waals surface area contributed by atoms with Crippen LogP contribution in [-0.2, 0) is 14.3 Å². The third-order valence-corrected chi connectivity index (χ3v) is 1.41. The fourth-order valence-corrected chi connectivity index (χ4v) is 0.654. The summed E-state index contributed by atoms with van der Waals surface area (Å²) in [6.07, 6.45) is -0.919. The van der Waals surface area contributed by atoms with Crippen molar-refractivity contribution in [1.29, 1.82) is 0 Å². The summed E-state index contributed by atoms with van der Waals surface area (Å²) in [5.41, 5.74) is 0. The van der Waals surface area contributed by atoms with Crippen molar-refractivity contribution in [3.8, 4) is 0 Å². The highest BCUT2D eigenvalue weighted by Crippen LogP contribution is 1.79. The molecule has 0 bridgehead atoms. The molecule has 3 N–H and O–H groups in total. The third kappa shape index (κ3) is 7.93. The zero-order valence-electron chi connectivity index (χ0n) is 8.23. The van der Waals surface area contributed by atoms with Gasteiger partial charge in [-0.25, -0.2) is 0 Å². The molecule has 6 nitrogen and oxygen atoms in total. The molecule has 0 saturated carbocycles. The van der Waals surface area contributed by atoms with Crippen LogP contribution < -0.4 is 5.32 Å². The number of carbonyl (C=O) groups excluding carboxylic acids is 1. The average molecular weight is 207 g/mol. The van der Waals surface area contributed by atoms with Gasteiger partial charge in [0, 0.05) is 13.7 Å². The summed E-state index contributed by atoms with van der Waals surface area (Å²) >= 11 is 0. The number of carbonyl (C=O) groups is 1. The molecule has 1 atom stereocenters. The van der Waals surface area contributed by atoms with Gasteiger partial charge in [0.05, 0.1) is 25.9 Å². The summed E-state index contributed by atoms with van der Waals surface area (Å²) in [7, 11) is 1.54. The molecular formula is C8H17NO5. The smallest absolute Gasteiger partial charge is 0.246 e. The molecule has 0 aliphatic rings. The van der Waals surface area contributed by atoms with Crippen molar-refractivity contribution in [2.45, 2.75) is 6.10 Å². The first kappa shape index (κ1) is 13.3. The lowest BCUT2D eigenvalue weighted by Gasteiger charge is -2.08. The Kier molecular flexibility index (Phi) is 8.45. The zero-order valence-corrected chi connectivity index (χ0v) is 8.23.